The number of carbonyl (C=O) groups is 1. The molecule has 1 saturated heterocycles. The Labute approximate surface area is 127 Å². The van der Waals surface area contributed by atoms with Crippen molar-refractivity contribution >= 4 is 21.9 Å². The van der Waals surface area contributed by atoms with Crippen LogP contribution in [-0.4, -0.2) is 33.7 Å². The minimum Gasteiger partial charge on any atom is -0.508 e. The van der Waals surface area contributed by atoms with Gasteiger partial charge >= 0.3 is 5.97 Å². The van der Waals surface area contributed by atoms with Gasteiger partial charge in [-0.3, -0.25) is 9.69 Å². The van der Waals surface area contributed by atoms with Crippen molar-refractivity contribution in [1.29, 1.82) is 0 Å². The highest BCUT2D eigenvalue weighted by Crippen LogP contribution is 2.38. The van der Waals surface area contributed by atoms with Crippen LogP contribution in [0.3, 0.4) is 0 Å². The van der Waals surface area contributed by atoms with E-state index >= 15 is 0 Å². The predicted octanol–water partition coefficient (Wildman–Crippen LogP) is 3.40. The maximum absolute atomic E-state index is 11.2. The van der Waals surface area contributed by atoms with Crippen molar-refractivity contribution in [1.82, 2.24) is 4.90 Å². The lowest BCUT2D eigenvalue weighted by molar-refractivity contribution is -0.142. The average molecular weight is 342 g/mol. The molecule has 0 saturated carbocycles. The molecule has 5 heteroatoms. The Kier molecular flexibility index (Phi) is 4.70. The number of likely N-dealkylation sites (tertiary alicyclic amines) is 1. The molecule has 0 spiro atoms. The van der Waals surface area contributed by atoms with E-state index in [4.69, 9.17) is 0 Å². The summed E-state index contributed by atoms with van der Waals surface area (Å²) in [5, 5.41) is 19.3. The molecular weight excluding hydrogens is 322 g/mol. The SMILES string of the molecule is CCC(c1cc(Br)ccc1O)N1CCC(C(=O)O)C1C. The number of hydrogen-bond donors (Lipinski definition) is 2. The minimum atomic E-state index is -0.728. The lowest BCUT2D eigenvalue weighted by Crippen LogP contribution is -2.35. The second-order valence-corrected chi connectivity index (χ2v) is 6.25. The molecule has 1 aliphatic rings. The van der Waals surface area contributed by atoms with Gasteiger partial charge in [0.1, 0.15) is 5.75 Å². The summed E-state index contributed by atoms with van der Waals surface area (Å²) in [7, 11) is 0. The quantitative estimate of drug-likeness (QED) is 0.880. The van der Waals surface area contributed by atoms with Crippen LogP contribution in [0.4, 0.5) is 0 Å². The molecule has 3 atom stereocenters. The van der Waals surface area contributed by atoms with Crippen molar-refractivity contribution in [2.75, 3.05) is 6.54 Å². The molecular formula is C15H20BrNO3. The maximum Gasteiger partial charge on any atom is 0.308 e. The molecule has 1 aromatic carbocycles. The molecule has 2 rings (SSSR count). The fourth-order valence-corrected chi connectivity index (χ4v) is 3.54. The third-order valence-corrected chi connectivity index (χ3v) is 4.75. The first kappa shape index (κ1) is 15.3. The van der Waals surface area contributed by atoms with Crippen LogP contribution in [0.2, 0.25) is 0 Å². The number of phenols is 1. The van der Waals surface area contributed by atoms with Gasteiger partial charge in [-0.05, 0) is 44.5 Å². The van der Waals surface area contributed by atoms with Crippen LogP contribution in [0.15, 0.2) is 22.7 Å². The van der Waals surface area contributed by atoms with E-state index in [1.165, 1.54) is 0 Å². The van der Waals surface area contributed by atoms with Gasteiger partial charge in [0.15, 0.2) is 0 Å². The molecule has 0 bridgehead atoms. The van der Waals surface area contributed by atoms with Gasteiger partial charge in [-0.2, -0.15) is 0 Å². The molecule has 0 aliphatic carbocycles. The summed E-state index contributed by atoms with van der Waals surface area (Å²) < 4.78 is 0.922. The van der Waals surface area contributed by atoms with E-state index < -0.39 is 5.97 Å². The number of benzene rings is 1. The number of aromatic hydroxyl groups is 1. The van der Waals surface area contributed by atoms with Gasteiger partial charge < -0.3 is 10.2 Å². The van der Waals surface area contributed by atoms with Crippen LogP contribution in [0.25, 0.3) is 0 Å². The van der Waals surface area contributed by atoms with Crippen LogP contribution in [-0.2, 0) is 4.79 Å². The molecule has 0 aromatic heterocycles. The Hall–Kier alpha value is -1.07. The Morgan fingerprint density at radius 3 is 2.80 bits per heavy atom. The molecule has 3 unspecified atom stereocenters. The highest BCUT2D eigenvalue weighted by molar-refractivity contribution is 9.10. The van der Waals surface area contributed by atoms with Crippen LogP contribution < -0.4 is 0 Å². The van der Waals surface area contributed by atoms with Crippen LogP contribution in [0, 0.1) is 5.92 Å². The number of carboxylic acids is 1. The Bertz CT molecular complexity index is 506. The summed E-state index contributed by atoms with van der Waals surface area (Å²) in [4.78, 5) is 13.4. The van der Waals surface area contributed by atoms with Gasteiger partial charge in [-0.1, -0.05) is 22.9 Å². The molecule has 0 radical (unpaired) electrons. The summed E-state index contributed by atoms with van der Waals surface area (Å²) in [6, 6.07) is 5.43. The number of nitrogens with zero attached hydrogens (tertiary/aromatic N) is 1. The molecule has 1 heterocycles. The number of halogens is 1. The number of aliphatic carboxylic acids is 1. The normalized spacial score (nSPS) is 24.8. The van der Waals surface area contributed by atoms with Gasteiger partial charge in [-0.25, -0.2) is 0 Å². The van der Waals surface area contributed by atoms with E-state index in [0.717, 1.165) is 23.0 Å². The molecule has 1 aliphatic heterocycles. The first-order chi connectivity index (χ1) is 9.45. The Morgan fingerprint density at radius 2 is 2.25 bits per heavy atom. The third-order valence-electron chi connectivity index (χ3n) is 4.26. The summed E-state index contributed by atoms with van der Waals surface area (Å²) in [5.41, 5.74) is 0.861. The summed E-state index contributed by atoms with van der Waals surface area (Å²) >= 11 is 3.43. The summed E-state index contributed by atoms with van der Waals surface area (Å²) in [6.45, 7) is 4.78. The second-order valence-electron chi connectivity index (χ2n) is 5.34. The zero-order chi connectivity index (χ0) is 14.9. The van der Waals surface area contributed by atoms with E-state index in [0.29, 0.717) is 6.42 Å². The van der Waals surface area contributed by atoms with E-state index in [1.807, 2.05) is 13.0 Å². The Morgan fingerprint density at radius 1 is 1.55 bits per heavy atom. The highest BCUT2D eigenvalue weighted by atomic mass is 79.9. The van der Waals surface area contributed by atoms with Gasteiger partial charge in [0, 0.05) is 22.1 Å². The highest BCUT2D eigenvalue weighted by Gasteiger charge is 2.39. The predicted molar refractivity (Wildman–Crippen MR) is 80.7 cm³/mol. The first-order valence-corrected chi connectivity index (χ1v) is 7.72. The van der Waals surface area contributed by atoms with Crippen molar-refractivity contribution in [3.05, 3.63) is 28.2 Å². The van der Waals surface area contributed by atoms with Crippen molar-refractivity contribution < 1.29 is 15.0 Å². The van der Waals surface area contributed by atoms with E-state index in [9.17, 15) is 15.0 Å². The second kappa shape index (κ2) is 6.14. The number of carboxylic acid groups (broad SMARTS) is 1. The molecule has 1 fully saturated rings. The van der Waals surface area contributed by atoms with Gasteiger partial charge in [0.2, 0.25) is 0 Å². The fourth-order valence-electron chi connectivity index (χ4n) is 3.16. The fraction of sp³-hybridized carbons (Fsp3) is 0.533. The molecule has 110 valence electrons. The van der Waals surface area contributed by atoms with E-state index in [2.05, 4.69) is 27.8 Å². The Balaban J connectivity index is 2.29. The van der Waals surface area contributed by atoms with Crippen LogP contribution in [0.1, 0.15) is 38.3 Å². The van der Waals surface area contributed by atoms with E-state index in [1.54, 1.807) is 12.1 Å². The lowest BCUT2D eigenvalue weighted by Gasteiger charge is -2.32. The summed E-state index contributed by atoms with van der Waals surface area (Å²) in [6.07, 6.45) is 1.50. The first-order valence-electron chi connectivity index (χ1n) is 6.92. The molecule has 1 aromatic rings. The van der Waals surface area contributed by atoms with Crippen molar-refractivity contribution in [2.24, 2.45) is 5.92 Å². The van der Waals surface area contributed by atoms with Crippen LogP contribution in [0.5, 0.6) is 5.75 Å². The van der Waals surface area contributed by atoms with Gasteiger partial charge in [-0.15, -0.1) is 0 Å². The standard InChI is InChI=1S/C15H20BrNO3/c1-3-13(12-8-10(16)4-5-14(12)18)17-7-6-11(9(17)2)15(19)20/h4-5,8-9,11,13,18H,3,6-7H2,1-2H3,(H,19,20). The maximum atomic E-state index is 11.2. The number of hydrogen-bond acceptors (Lipinski definition) is 3. The summed E-state index contributed by atoms with van der Waals surface area (Å²) in [5.74, 6) is -0.780. The van der Waals surface area contributed by atoms with Gasteiger partial charge in [0.05, 0.1) is 5.92 Å². The number of rotatable bonds is 4. The lowest BCUT2D eigenvalue weighted by atomic mass is 9.98. The van der Waals surface area contributed by atoms with Crippen molar-refractivity contribution in [3.63, 3.8) is 0 Å². The van der Waals surface area contributed by atoms with Crippen molar-refractivity contribution in [3.8, 4) is 5.75 Å². The largest absolute Gasteiger partial charge is 0.508 e. The third kappa shape index (κ3) is 2.83. The molecule has 0 amide bonds. The zero-order valence-electron chi connectivity index (χ0n) is 11.7. The van der Waals surface area contributed by atoms with Crippen molar-refractivity contribution in [2.45, 2.75) is 38.8 Å². The number of phenolic OH excluding ortho intramolecular Hbond substituents is 1. The monoisotopic (exact) mass is 341 g/mol. The van der Waals surface area contributed by atoms with E-state index in [-0.39, 0.29) is 23.8 Å². The minimum absolute atomic E-state index is 0.0177. The smallest absolute Gasteiger partial charge is 0.308 e. The van der Waals surface area contributed by atoms with Crippen LogP contribution >= 0.6 is 15.9 Å². The average Bonchev–Trinajstić information content (AvgIpc) is 2.77. The molecule has 2 N–H and O–H groups in total. The zero-order valence-corrected chi connectivity index (χ0v) is 13.3. The molecule has 20 heavy (non-hydrogen) atoms. The van der Waals surface area contributed by atoms with Gasteiger partial charge in [0.25, 0.3) is 0 Å². The molecule has 4 nitrogen and oxygen atoms in total. The topological polar surface area (TPSA) is 60.8 Å².